The fourth-order valence-electron chi connectivity index (χ4n) is 1.95. The third-order valence-corrected chi connectivity index (χ3v) is 3.65. The van der Waals surface area contributed by atoms with E-state index >= 15 is 0 Å². The SMILES string of the molecule is CCC(C)(C)NC(=O)C(C)N1CCCNCC1. The molecule has 1 heterocycles. The molecule has 0 aliphatic carbocycles. The summed E-state index contributed by atoms with van der Waals surface area (Å²) in [6.45, 7) is 12.3. The largest absolute Gasteiger partial charge is 0.350 e. The molecule has 17 heavy (non-hydrogen) atoms. The van der Waals surface area contributed by atoms with E-state index in [9.17, 15) is 4.79 Å². The Morgan fingerprint density at radius 2 is 2.12 bits per heavy atom. The van der Waals surface area contributed by atoms with Crippen molar-refractivity contribution in [1.82, 2.24) is 15.5 Å². The molecule has 1 unspecified atom stereocenters. The number of amides is 1. The highest BCUT2D eigenvalue weighted by Crippen LogP contribution is 2.09. The van der Waals surface area contributed by atoms with Gasteiger partial charge in [-0.2, -0.15) is 0 Å². The third kappa shape index (κ3) is 4.64. The molecular weight excluding hydrogens is 214 g/mol. The molecule has 0 aromatic heterocycles. The number of rotatable bonds is 4. The van der Waals surface area contributed by atoms with Crippen molar-refractivity contribution in [2.75, 3.05) is 26.2 Å². The molecule has 0 aromatic carbocycles. The molecule has 2 N–H and O–H groups in total. The maximum Gasteiger partial charge on any atom is 0.237 e. The maximum atomic E-state index is 12.2. The van der Waals surface area contributed by atoms with Gasteiger partial charge in [-0.3, -0.25) is 9.69 Å². The second kappa shape index (κ2) is 6.36. The smallest absolute Gasteiger partial charge is 0.237 e. The molecular formula is C13H27N3O. The molecule has 1 saturated heterocycles. The standard InChI is InChI=1S/C13H27N3O/c1-5-13(3,4)15-12(17)11(2)16-9-6-7-14-8-10-16/h11,14H,5-10H2,1-4H3,(H,15,17). The molecule has 4 heteroatoms. The van der Waals surface area contributed by atoms with Crippen LogP contribution in [0.1, 0.15) is 40.5 Å². The van der Waals surface area contributed by atoms with Crippen molar-refractivity contribution in [3.8, 4) is 0 Å². The lowest BCUT2D eigenvalue weighted by Gasteiger charge is -2.31. The van der Waals surface area contributed by atoms with Crippen molar-refractivity contribution in [1.29, 1.82) is 0 Å². The third-order valence-electron chi connectivity index (χ3n) is 3.65. The van der Waals surface area contributed by atoms with Gasteiger partial charge in [0.2, 0.25) is 5.91 Å². The first kappa shape index (κ1) is 14.5. The van der Waals surface area contributed by atoms with E-state index < -0.39 is 0 Å². The van der Waals surface area contributed by atoms with Gasteiger partial charge in [-0.25, -0.2) is 0 Å². The van der Waals surface area contributed by atoms with Gasteiger partial charge in [0.05, 0.1) is 6.04 Å². The first-order valence-electron chi connectivity index (χ1n) is 6.73. The van der Waals surface area contributed by atoms with Crippen LogP contribution in [0.25, 0.3) is 0 Å². The van der Waals surface area contributed by atoms with E-state index in [1.165, 1.54) is 0 Å². The quantitative estimate of drug-likeness (QED) is 0.771. The monoisotopic (exact) mass is 241 g/mol. The molecule has 0 saturated carbocycles. The maximum absolute atomic E-state index is 12.2. The van der Waals surface area contributed by atoms with E-state index in [0.717, 1.165) is 39.0 Å². The van der Waals surface area contributed by atoms with Crippen LogP contribution in [-0.4, -0.2) is 48.6 Å². The van der Waals surface area contributed by atoms with Crippen molar-refractivity contribution >= 4 is 5.91 Å². The number of hydrogen-bond acceptors (Lipinski definition) is 3. The minimum absolute atomic E-state index is 0.0271. The Morgan fingerprint density at radius 1 is 1.41 bits per heavy atom. The Balaban J connectivity index is 2.50. The molecule has 1 fully saturated rings. The topological polar surface area (TPSA) is 44.4 Å². The molecule has 4 nitrogen and oxygen atoms in total. The summed E-state index contributed by atoms with van der Waals surface area (Å²) in [5.41, 5.74) is -0.102. The minimum Gasteiger partial charge on any atom is -0.350 e. The average molecular weight is 241 g/mol. The van der Waals surface area contributed by atoms with E-state index in [1.807, 2.05) is 6.92 Å². The number of nitrogens with zero attached hydrogens (tertiary/aromatic N) is 1. The first-order chi connectivity index (χ1) is 7.96. The van der Waals surface area contributed by atoms with Crippen LogP contribution < -0.4 is 10.6 Å². The molecule has 0 spiro atoms. The van der Waals surface area contributed by atoms with Gasteiger partial charge in [0.25, 0.3) is 0 Å². The van der Waals surface area contributed by atoms with Crippen molar-refractivity contribution in [3.63, 3.8) is 0 Å². The van der Waals surface area contributed by atoms with Crippen molar-refractivity contribution in [2.24, 2.45) is 0 Å². The summed E-state index contributed by atoms with van der Waals surface area (Å²) >= 11 is 0. The predicted octanol–water partition coefficient (Wildman–Crippen LogP) is 0.975. The van der Waals surface area contributed by atoms with Crippen LogP contribution in [0.5, 0.6) is 0 Å². The zero-order valence-electron chi connectivity index (χ0n) is 11.7. The van der Waals surface area contributed by atoms with Crippen molar-refractivity contribution in [2.45, 2.75) is 52.1 Å². The minimum atomic E-state index is -0.102. The van der Waals surface area contributed by atoms with Crippen LogP contribution in [-0.2, 0) is 4.79 Å². The van der Waals surface area contributed by atoms with Gasteiger partial charge in [0.1, 0.15) is 0 Å². The van der Waals surface area contributed by atoms with Gasteiger partial charge < -0.3 is 10.6 Å². The van der Waals surface area contributed by atoms with Gasteiger partial charge in [-0.05, 0) is 40.2 Å². The molecule has 0 aromatic rings. The van der Waals surface area contributed by atoms with Crippen LogP contribution >= 0.6 is 0 Å². The number of hydrogen-bond donors (Lipinski definition) is 2. The van der Waals surface area contributed by atoms with Crippen LogP contribution in [0.2, 0.25) is 0 Å². The molecule has 1 amide bonds. The van der Waals surface area contributed by atoms with E-state index in [4.69, 9.17) is 0 Å². The van der Waals surface area contributed by atoms with Crippen LogP contribution in [0, 0.1) is 0 Å². The second-order valence-corrected chi connectivity index (χ2v) is 5.54. The van der Waals surface area contributed by atoms with Gasteiger partial charge in [-0.15, -0.1) is 0 Å². The summed E-state index contributed by atoms with van der Waals surface area (Å²) in [6.07, 6.45) is 2.07. The van der Waals surface area contributed by atoms with E-state index in [2.05, 4.69) is 36.3 Å². The summed E-state index contributed by atoms with van der Waals surface area (Å²) < 4.78 is 0. The zero-order chi connectivity index (χ0) is 12.9. The average Bonchev–Trinajstić information content (AvgIpc) is 2.56. The molecule has 1 aliphatic heterocycles. The first-order valence-corrected chi connectivity index (χ1v) is 6.73. The highest BCUT2D eigenvalue weighted by atomic mass is 16.2. The Kier molecular flexibility index (Phi) is 5.40. The van der Waals surface area contributed by atoms with Crippen LogP contribution in [0.3, 0.4) is 0 Å². The molecule has 1 atom stereocenters. The Bertz CT molecular complexity index is 245. The summed E-state index contributed by atoms with van der Waals surface area (Å²) in [7, 11) is 0. The van der Waals surface area contributed by atoms with E-state index in [0.29, 0.717) is 0 Å². The Morgan fingerprint density at radius 3 is 2.76 bits per heavy atom. The molecule has 1 aliphatic rings. The molecule has 1 rings (SSSR count). The summed E-state index contributed by atoms with van der Waals surface area (Å²) in [6, 6.07) is -0.0271. The van der Waals surface area contributed by atoms with Crippen molar-refractivity contribution < 1.29 is 4.79 Å². The van der Waals surface area contributed by atoms with Gasteiger partial charge >= 0.3 is 0 Å². The fraction of sp³-hybridized carbons (Fsp3) is 0.923. The van der Waals surface area contributed by atoms with Gasteiger partial charge in [-0.1, -0.05) is 6.92 Å². The lowest BCUT2D eigenvalue weighted by molar-refractivity contribution is -0.127. The van der Waals surface area contributed by atoms with Crippen molar-refractivity contribution in [3.05, 3.63) is 0 Å². The lowest BCUT2D eigenvalue weighted by atomic mass is 10.0. The van der Waals surface area contributed by atoms with Crippen LogP contribution in [0.4, 0.5) is 0 Å². The summed E-state index contributed by atoms with van der Waals surface area (Å²) in [5.74, 6) is 0.152. The Hall–Kier alpha value is -0.610. The second-order valence-electron chi connectivity index (χ2n) is 5.54. The Labute approximate surface area is 105 Å². The normalized spacial score (nSPS) is 20.7. The van der Waals surface area contributed by atoms with Crippen LogP contribution in [0.15, 0.2) is 0 Å². The molecule has 0 radical (unpaired) electrons. The highest BCUT2D eigenvalue weighted by Gasteiger charge is 2.26. The van der Waals surface area contributed by atoms with Gasteiger partial charge in [0, 0.05) is 25.2 Å². The number of carbonyl (C=O) groups excluding carboxylic acids is 1. The number of nitrogens with one attached hydrogen (secondary N) is 2. The van der Waals surface area contributed by atoms with Gasteiger partial charge in [0.15, 0.2) is 0 Å². The fourth-order valence-corrected chi connectivity index (χ4v) is 1.95. The van der Waals surface area contributed by atoms with E-state index in [1.54, 1.807) is 0 Å². The van der Waals surface area contributed by atoms with E-state index in [-0.39, 0.29) is 17.5 Å². The predicted molar refractivity (Wildman–Crippen MR) is 71.0 cm³/mol. The lowest BCUT2D eigenvalue weighted by Crippen LogP contribution is -2.52. The summed E-state index contributed by atoms with van der Waals surface area (Å²) in [5, 5.41) is 6.48. The zero-order valence-corrected chi connectivity index (χ0v) is 11.7. The number of carbonyl (C=O) groups is 1. The summed E-state index contributed by atoms with van der Waals surface area (Å²) in [4.78, 5) is 14.4. The molecule has 0 bridgehead atoms. The highest BCUT2D eigenvalue weighted by molar-refractivity contribution is 5.82. The molecule has 100 valence electrons.